The summed E-state index contributed by atoms with van der Waals surface area (Å²) in [5.74, 6) is -0.417. The molecule has 18 heavy (non-hydrogen) atoms. The van der Waals surface area contributed by atoms with Crippen LogP contribution in [0.2, 0.25) is 0 Å². The fourth-order valence-electron chi connectivity index (χ4n) is 1.55. The van der Waals surface area contributed by atoms with Crippen molar-refractivity contribution in [2.45, 2.75) is 19.3 Å². The molecule has 1 rings (SSSR count). The molecule has 1 amide bonds. The number of para-hydroxylation sites is 1. The van der Waals surface area contributed by atoms with Crippen molar-refractivity contribution < 1.29 is 19.4 Å². The molecule has 0 fully saturated rings. The second kappa shape index (κ2) is 7.32. The molecule has 98 valence electrons. The van der Waals surface area contributed by atoms with Crippen molar-refractivity contribution in [3.63, 3.8) is 0 Å². The van der Waals surface area contributed by atoms with E-state index >= 15 is 0 Å². The number of amides is 1. The number of hydrogen-bond donors (Lipinski definition) is 2. The molecule has 0 unspecified atom stereocenters. The van der Waals surface area contributed by atoms with Crippen molar-refractivity contribution in [2.75, 3.05) is 13.7 Å². The van der Waals surface area contributed by atoms with Gasteiger partial charge in [0.05, 0.1) is 13.5 Å². The maximum atomic E-state index is 11.3. The Labute approximate surface area is 106 Å². The Morgan fingerprint density at radius 2 is 2.00 bits per heavy atom. The Balaban J connectivity index is 2.33. The van der Waals surface area contributed by atoms with Gasteiger partial charge in [0.2, 0.25) is 5.91 Å². The van der Waals surface area contributed by atoms with Crippen molar-refractivity contribution in [3.05, 3.63) is 29.8 Å². The summed E-state index contributed by atoms with van der Waals surface area (Å²) in [5, 5.41) is 11.1. The van der Waals surface area contributed by atoms with Crippen molar-refractivity contribution in [1.82, 2.24) is 5.32 Å². The molecule has 0 aromatic heterocycles. The number of ether oxygens (including phenoxy) is 1. The largest absolute Gasteiger partial charge is 0.496 e. The fourth-order valence-corrected chi connectivity index (χ4v) is 1.55. The molecule has 5 nitrogen and oxygen atoms in total. The van der Waals surface area contributed by atoms with Crippen LogP contribution in [0.5, 0.6) is 5.75 Å². The highest BCUT2D eigenvalue weighted by atomic mass is 16.5. The van der Waals surface area contributed by atoms with Gasteiger partial charge in [0.25, 0.3) is 0 Å². The highest BCUT2D eigenvalue weighted by molar-refractivity contribution is 5.80. The number of carbonyl (C=O) groups excluding carboxylic acids is 1. The Morgan fingerprint density at radius 3 is 2.67 bits per heavy atom. The second-order valence-corrected chi connectivity index (χ2v) is 3.81. The van der Waals surface area contributed by atoms with Gasteiger partial charge in [-0.05, 0) is 18.1 Å². The summed E-state index contributed by atoms with van der Waals surface area (Å²) >= 11 is 0. The van der Waals surface area contributed by atoms with Gasteiger partial charge in [-0.25, -0.2) is 0 Å². The molecule has 0 spiro atoms. The fraction of sp³-hybridized carbons (Fsp3) is 0.385. The monoisotopic (exact) mass is 251 g/mol. The summed E-state index contributed by atoms with van der Waals surface area (Å²) < 4.78 is 5.19. The molecule has 1 aromatic rings. The first kappa shape index (κ1) is 14.0. The van der Waals surface area contributed by atoms with Crippen molar-refractivity contribution in [1.29, 1.82) is 0 Å². The van der Waals surface area contributed by atoms with Crippen molar-refractivity contribution in [3.8, 4) is 5.75 Å². The van der Waals surface area contributed by atoms with E-state index in [1.807, 2.05) is 24.3 Å². The Morgan fingerprint density at radius 1 is 1.28 bits per heavy atom. The smallest absolute Gasteiger partial charge is 0.303 e. The predicted octanol–water partition coefficient (Wildman–Crippen LogP) is 1.22. The number of methoxy groups -OCH3 is 1. The third kappa shape index (κ3) is 4.86. The first-order chi connectivity index (χ1) is 8.63. The standard InChI is InChI=1S/C13H17NO4/c1-18-11-5-3-2-4-10(11)8-9-14-12(15)6-7-13(16)17/h2-5H,6-9H2,1H3,(H,14,15)(H,16,17). The molecule has 2 N–H and O–H groups in total. The molecule has 0 saturated carbocycles. The van der Waals surface area contributed by atoms with Gasteiger partial charge in [0, 0.05) is 13.0 Å². The highest BCUT2D eigenvalue weighted by Gasteiger charge is 2.06. The molecule has 0 aliphatic carbocycles. The van der Waals surface area contributed by atoms with E-state index < -0.39 is 5.97 Å². The van der Waals surface area contributed by atoms with Gasteiger partial charge in [-0.2, -0.15) is 0 Å². The van der Waals surface area contributed by atoms with E-state index in [-0.39, 0.29) is 18.7 Å². The van der Waals surface area contributed by atoms with Gasteiger partial charge in [0.1, 0.15) is 5.75 Å². The maximum Gasteiger partial charge on any atom is 0.303 e. The lowest BCUT2D eigenvalue weighted by Crippen LogP contribution is -2.26. The number of rotatable bonds is 7. The molecule has 0 bridgehead atoms. The lowest BCUT2D eigenvalue weighted by atomic mass is 10.1. The minimum atomic E-state index is -0.963. The number of carbonyl (C=O) groups is 2. The molecule has 0 aliphatic rings. The van der Waals surface area contributed by atoms with Gasteiger partial charge in [-0.3, -0.25) is 9.59 Å². The molecule has 0 heterocycles. The predicted molar refractivity (Wildman–Crippen MR) is 66.6 cm³/mol. The molecule has 0 aliphatic heterocycles. The summed E-state index contributed by atoms with van der Waals surface area (Å²) in [7, 11) is 1.60. The average molecular weight is 251 g/mol. The molecule has 1 aromatic carbocycles. The van der Waals surface area contributed by atoms with E-state index in [1.54, 1.807) is 7.11 Å². The van der Waals surface area contributed by atoms with Crippen LogP contribution >= 0.6 is 0 Å². The summed E-state index contributed by atoms with van der Waals surface area (Å²) in [6.07, 6.45) is 0.532. The SMILES string of the molecule is COc1ccccc1CCNC(=O)CCC(=O)O. The van der Waals surface area contributed by atoms with E-state index in [0.29, 0.717) is 13.0 Å². The Kier molecular flexibility index (Phi) is 5.70. The Hall–Kier alpha value is -2.04. The van der Waals surface area contributed by atoms with Crippen LogP contribution in [0.25, 0.3) is 0 Å². The van der Waals surface area contributed by atoms with Gasteiger partial charge < -0.3 is 15.2 Å². The maximum absolute atomic E-state index is 11.3. The summed E-state index contributed by atoms with van der Waals surface area (Å²) in [5.41, 5.74) is 1.01. The van der Waals surface area contributed by atoms with Crippen LogP contribution in [0, 0.1) is 0 Å². The highest BCUT2D eigenvalue weighted by Crippen LogP contribution is 2.17. The minimum absolute atomic E-state index is 0.0151. The van der Waals surface area contributed by atoms with Crippen LogP contribution < -0.4 is 10.1 Å². The molecule has 0 radical (unpaired) electrons. The topological polar surface area (TPSA) is 75.6 Å². The zero-order chi connectivity index (χ0) is 13.4. The second-order valence-electron chi connectivity index (χ2n) is 3.81. The average Bonchev–Trinajstić information content (AvgIpc) is 2.37. The minimum Gasteiger partial charge on any atom is -0.496 e. The molecular weight excluding hydrogens is 234 g/mol. The molecular formula is C13H17NO4. The van der Waals surface area contributed by atoms with Crippen LogP contribution in [0.15, 0.2) is 24.3 Å². The number of carboxylic acid groups (broad SMARTS) is 1. The van der Waals surface area contributed by atoms with E-state index in [0.717, 1.165) is 11.3 Å². The van der Waals surface area contributed by atoms with Crippen LogP contribution in [0.1, 0.15) is 18.4 Å². The zero-order valence-corrected chi connectivity index (χ0v) is 10.3. The number of nitrogens with one attached hydrogen (secondary N) is 1. The zero-order valence-electron chi connectivity index (χ0n) is 10.3. The number of carboxylic acids is 1. The van der Waals surface area contributed by atoms with E-state index in [4.69, 9.17) is 9.84 Å². The number of benzene rings is 1. The van der Waals surface area contributed by atoms with Crippen LogP contribution in [-0.4, -0.2) is 30.6 Å². The molecule has 0 atom stereocenters. The quantitative estimate of drug-likeness (QED) is 0.764. The van der Waals surface area contributed by atoms with Gasteiger partial charge in [0.15, 0.2) is 0 Å². The van der Waals surface area contributed by atoms with Crippen LogP contribution in [0.3, 0.4) is 0 Å². The third-order valence-corrected chi connectivity index (χ3v) is 2.47. The van der Waals surface area contributed by atoms with Gasteiger partial charge in [-0.15, -0.1) is 0 Å². The number of hydrogen-bond acceptors (Lipinski definition) is 3. The van der Waals surface area contributed by atoms with Gasteiger partial charge in [-0.1, -0.05) is 18.2 Å². The summed E-state index contributed by atoms with van der Waals surface area (Å²) in [6, 6.07) is 7.59. The van der Waals surface area contributed by atoms with Crippen molar-refractivity contribution in [2.24, 2.45) is 0 Å². The summed E-state index contributed by atoms with van der Waals surface area (Å²) in [6.45, 7) is 0.471. The number of aliphatic carboxylic acids is 1. The Bertz CT molecular complexity index is 417. The van der Waals surface area contributed by atoms with Crippen molar-refractivity contribution >= 4 is 11.9 Å². The first-order valence-electron chi connectivity index (χ1n) is 5.74. The van der Waals surface area contributed by atoms with Gasteiger partial charge >= 0.3 is 5.97 Å². The lowest BCUT2D eigenvalue weighted by molar-refractivity contribution is -0.138. The lowest BCUT2D eigenvalue weighted by Gasteiger charge is -2.08. The van der Waals surface area contributed by atoms with E-state index in [2.05, 4.69) is 5.32 Å². The molecule has 5 heteroatoms. The normalized spacial score (nSPS) is 9.83. The summed E-state index contributed by atoms with van der Waals surface area (Å²) in [4.78, 5) is 21.6. The van der Waals surface area contributed by atoms with Crippen LogP contribution in [-0.2, 0) is 16.0 Å². The van der Waals surface area contributed by atoms with E-state index in [9.17, 15) is 9.59 Å². The third-order valence-electron chi connectivity index (χ3n) is 2.47. The molecule has 0 saturated heterocycles. The first-order valence-corrected chi connectivity index (χ1v) is 5.74. The van der Waals surface area contributed by atoms with E-state index in [1.165, 1.54) is 0 Å². The van der Waals surface area contributed by atoms with Crippen LogP contribution in [0.4, 0.5) is 0 Å².